The first-order valence-corrected chi connectivity index (χ1v) is 8.37. The summed E-state index contributed by atoms with van der Waals surface area (Å²) < 4.78 is 16.7. The van der Waals surface area contributed by atoms with Crippen molar-refractivity contribution in [1.82, 2.24) is 0 Å². The summed E-state index contributed by atoms with van der Waals surface area (Å²) in [5.41, 5.74) is 0.918. The molecular formula is C20H30O5. The van der Waals surface area contributed by atoms with Gasteiger partial charge in [-0.3, -0.25) is 9.59 Å². The minimum atomic E-state index is -0.370. The molecule has 140 valence electrons. The molecule has 1 aromatic carbocycles. The molecule has 0 aromatic heterocycles. The third kappa shape index (κ3) is 6.07. The lowest BCUT2D eigenvalue weighted by Gasteiger charge is -2.27. The number of benzene rings is 1. The Bertz CT molecular complexity index is 638. The minimum Gasteiger partial charge on any atom is -0.493 e. The van der Waals surface area contributed by atoms with Gasteiger partial charge in [-0.15, -0.1) is 0 Å². The molecule has 0 saturated heterocycles. The molecule has 0 fully saturated rings. The van der Waals surface area contributed by atoms with Crippen molar-refractivity contribution in [3.63, 3.8) is 0 Å². The highest BCUT2D eigenvalue weighted by atomic mass is 16.5. The molecule has 0 amide bonds. The number of hydrogen-bond acceptors (Lipinski definition) is 5. The molecule has 5 nitrogen and oxygen atoms in total. The summed E-state index contributed by atoms with van der Waals surface area (Å²) in [5, 5.41) is 0. The molecule has 0 N–H and O–H groups in total. The minimum absolute atomic E-state index is 0.0304. The maximum atomic E-state index is 11.9. The fourth-order valence-electron chi connectivity index (χ4n) is 2.29. The maximum absolute atomic E-state index is 11.9. The van der Waals surface area contributed by atoms with Crippen molar-refractivity contribution in [2.45, 2.75) is 53.9 Å². The van der Waals surface area contributed by atoms with Gasteiger partial charge >= 0.3 is 5.97 Å². The van der Waals surface area contributed by atoms with Gasteiger partial charge in [0.2, 0.25) is 0 Å². The van der Waals surface area contributed by atoms with E-state index in [1.165, 1.54) is 13.8 Å². The fraction of sp³-hybridized carbons (Fsp3) is 0.600. The lowest BCUT2D eigenvalue weighted by molar-refractivity contribution is -0.144. The van der Waals surface area contributed by atoms with E-state index in [0.717, 1.165) is 5.56 Å². The Balaban J connectivity index is 3.18. The first-order valence-electron chi connectivity index (χ1n) is 8.37. The number of methoxy groups -OCH3 is 1. The molecule has 0 aliphatic rings. The molecule has 0 radical (unpaired) electrons. The van der Waals surface area contributed by atoms with Gasteiger partial charge in [-0.05, 0) is 24.5 Å². The molecular weight excluding hydrogens is 320 g/mol. The molecule has 0 unspecified atom stereocenters. The summed E-state index contributed by atoms with van der Waals surface area (Å²) in [6.45, 7) is 13.6. The van der Waals surface area contributed by atoms with Gasteiger partial charge in [0.25, 0.3) is 0 Å². The molecule has 0 aliphatic heterocycles. The average molecular weight is 350 g/mol. The zero-order valence-electron chi connectivity index (χ0n) is 16.6. The summed E-state index contributed by atoms with van der Waals surface area (Å²) in [4.78, 5) is 22.9. The van der Waals surface area contributed by atoms with Crippen LogP contribution in [0.15, 0.2) is 12.1 Å². The predicted molar refractivity (Wildman–Crippen MR) is 97.6 cm³/mol. The van der Waals surface area contributed by atoms with Crippen LogP contribution in [0, 0.1) is 5.41 Å². The van der Waals surface area contributed by atoms with Gasteiger partial charge in [0.1, 0.15) is 0 Å². The second-order valence-corrected chi connectivity index (χ2v) is 8.09. The molecule has 0 heterocycles. The number of ether oxygens (including phenoxy) is 3. The molecule has 0 aliphatic carbocycles. The Morgan fingerprint density at radius 3 is 2.04 bits per heavy atom. The number of ketones is 1. The topological polar surface area (TPSA) is 61.8 Å². The van der Waals surface area contributed by atoms with E-state index in [2.05, 4.69) is 20.8 Å². The Labute approximate surface area is 150 Å². The molecule has 1 aromatic rings. The molecule has 0 spiro atoms. The van der Waals surface area contributed by atoms with Crippen molar-refractivity contribution in [3.05, 3.63) is 23.3 Å². The summed E-state index contributed by atoms with van der Waals surface area (Å²) in [7, 11) is 1.59. The first-order chi connectivity index (χ1) is 11.4. The number of esters is 1. The third-order valence-corrected chi connectivity index (χ3v) is 3.76. The van der Waals surface area contributed by atoms with E-state index >= 15 is 0 Å². The van der Waals surface area contributed by atoms with Gasteiger partial charge in [0, 0.05) is 23.5 Å². The number of carbonyl (C=O) groups is 2. The van der Waals surface area contributed by atoms with Crippen LogP contribution in [0.2, 0.25) is 0 Å². The van der Waals surface area contributed by atoms with Crippen molar-refractivity contribution < 1.29 is 23.8 Å². The first kappa shape index (κ1) is 21.0. The van der Waals surface area contributed by atoms with E-state index in [1.807, 2.05) is 19.9 Å². The smallest absolute Gasteiger partial charge is 0.302 e. The number of hydrogen-bond donors (Lipinski definition) is 0. The van der Waals surface area contributed by atoms with Crippen LogP contribution in [-0.4, -0.2) is 32.1 Å². The quantitative estimate of drug-likeness (QED) is 0.546. The maximum Gasteiger partial charge on any atom is 0.302 e. The summed E-state index contributed by atoms with van der Waals surface area (Å²) in [5.74, 6) is 0.799. The van der Waals surface area contributed by atoms with Gasteiger partial charge in [-0.2, -0.15) is 0 Å². The van der Waals surface area contributed by atoms with Gasteiger partial charge in [-0.1, -0.05) is 34.6 Å². The second-order valence-electron chi connectivity index (χ2n) is 8.09. The largest absolute Gasteiger partial charge is 0.493 e. The van der Waals surface area contributed by atoms with E-state index < -0.39 is 0 Å². The monoisotopic (exact) mass is 350 g/mol. The number of Topliss-reactive ketones (excluding diaryl/α,β-unsaturated/α-hetero) is 1. The SMILES string of the molecule is COc1c(OCC(C)(C)COC(C)=O)cc(C(C)=O)cc1C(C)(C)C. The van der Waals surface area contributed by atoms with Crippen molar-refractivity contribution >= 4 is 11.8 Å². The van der Waals surface area contributed by atoms with Crippen molar-refractivity contribution in [2.24, 2.45) is 5.41 Å². The van der Waals surface area contributed by atoms with Gasteiger partial charge in [0.15, 0.2) is 17.3 Å². The van der Waals surface area contributed by atoms with Gasteiger partial charge < -0.3 is 14.2 Å². The van der Waals surface area contributed by atoms with E-state index in [9.17, 15) is 9.59 Å². The van der Waals surface area contributed by atoms with Gasteiger partial charge in [0.05, 0.1) is 20.3 Å². The average Bonchev–Trinajstić information content (AvgIpc) is 2.49. The normalized spacial score (nSPS) is 11.8. The van der Waals surface area contributed by atoms with Crippen LogP contribution < -0.4 is 9.47 Å². The lowest BCUT2D eigenvalue weighted by atomic mass is 9.84. The van der Waals surface area contributed by atoms with Crippen LogP contribution in [0.5, 0.6) is 11.5 Å². The molecule has 0 saturated carbocycles. The standard InChI is InChI=1S/C20H30O5/c1-13(21)15-9-16(19(3,4)5)18(23-8)17(10-15)25-12-20(6,7)11-24-14(2)22/h9-10H,11-12H2,1-8H3. The third-order valence-electron chi connectivity index (χ3n) is 3.76. The van der Waals surface area contributed by atoms with Crippen LogP contribution in [0.1, 0.15) is 64.4 Å². The highest BCUT2D eigenvalue weighted by Gasteiger charge is 2.26. The summed E-state index contributed by atoms with van der Waals surface area (Å²) in [6.07, 6.45) is 0. The van der Waals surface area contributed by atoms with Gasteiger partial charge in [-0.25, -0.2) is 0 Å². The lowest BCUT2D eigenvalue weighted by Crippen LogP contribution is -2.28. The second kappa shape index (κ2) is 7.89. The Hall–Kier alpha value is -2.04. The Morgan fingerprint density at radius 2 is 1.60 bits per heavy atom. The van der Waals surface area contributed by atoms with Crippen LogP contribution in [-0.2, 0) is 14.9 Å². The highest BCUT2D eigenvalue weighted by Crippen LogP contribution is 2.40. The molecule has 0 bridgehead atoms. The zero-order valence-corrected chi connectivity index (χ0v) is 16.6. The Kier molecular flexibility index (Phi) is 6.63. The highest BCUT2D eigenvalue weighted by molar-refractivity contribution is 5.95. The van der Waals surface area contributed by atoms with E-state index in [0.29, 0.717) is 23.7 Å². The van der Waals surface area contributed by atoms with E-state index in [-0.39, 0.29) is 29.2 Å². The molecule has 25 heavy (non-hydrogen) atoms. The molecule has 0 atom stereocenters. The molecule has 5 heteroatoms. The van der Waals surface area contributed by atoms with Crippen molar-refractivity contribution in [2.75, 3.05) is 20.3 Å². The summed E-state index contributed by atoms with van der Waals surface area (Å²) in [6, 6.07) is 3.57. The molecule has 1 rings (SSSR count). The van der Waals surface area contributed by atoms with E-state index in [4.69, 9.17) is 14.2 Å². The zero-order chi connectivity index (χ0) is 19.4. The number of rotatable bonds is 7. The number of carbonyl (C=O) groups excluding carboxylic acids is 2. The van der Waals surface area contributed by atoms with Crippen LogP contribution in [0.25, 0.3) is 0 Å². The predicted octanol–water partition coefficient (Wildman–Crippen LogP) is 4.16. The van der Waals surface area contributed by atoms with Crippen molar-refractivity contribution in [3.8, 4) is 11.5 Å². The Morgan fingerprint density at radius 1 is 1.00 bits per heavy atom. The van der Waals surface area contributed by atoms with Crippen LogP contribution >= 0.6 is 0 Å². The van der Waals surface area contributed by atoms with Crippen LogP contribution in [0.4, 0.5) is 0 Å². The van der Waals surface area contributed by atoms with E-state index in [1.54, 1.807) is 13.2 Å². The van der Waals surface area contributed by atoms with Crippen molar-refractivity contribution in [1.29, 1.82) is 0 Å². The van der Waals surface area contributed by atoms with Crippen LogP contribution in [0.3, 0.4) is 0 Å². The fourth-order valence-corrected chi connectivity index (χ4v) is 2.29. The summed E-state index contributed by atoms with van der Waals surface area (Å²) >= 11 is 0.